The summed E-state index contributed by atoms with van der Waals surface area (Å²) in [7, 11) is 0. The van der Waals surface area contributed by atoms with E-state index in [9.17, 15) is 4.79 Å². The first-order valence-electron chi connectivity index (χ1n) is 9.56. The van der Waals surface area contributed by atoms with Crippen LogP contribution in [0.25, 0.3) is 11.4 Å². The third-order valence-corrected chi connectivity index (χ3v) is 5.91. The highest BCUT2D eigenvalue weighted by molar-refractivity contribution is 8.00. The molecule has 0 saturated heterocycles. The highest BCUT2D eigenvalue weighted by atomic mass is 32.2. The minimum absolute atomic E-state index is 0.0258. The van der Waals surface area contributed by atoms with E-state index in [1.165, 1.54) is 24.6 Å². The lowest BCUT2D eigenvalue weighted by atomic mass is 10.1. The number of fused-ring (bicyclic) bond motifs is 1. The summed E-state index contributed by atoms with van der Waals surface area (Å²) in [4.78, 5) is 17.5. The molecule has 4 rings (SSSR count). The van der Waals surface area contributed by atoms with Crippen LogP contribution in [0.15, 0.2) is 47.6 Å². The number of aromatic nitrogens is 4. The quantitative estimate of drug-likeness (QED) is 0.661. The predicted octanol–water partition coefficient (Wildman–Crippen LogP) is 4.11. The lowest BCUT2D eigenvalue weighted by Crippen LogP contribution is -2.15. The summed E-state index contributed by atoms with van der Waals surface area (Å²) in [5, 5.41) is 11.9. The van der Waals surface area contributed by atoms with Crippen LogP contribution < -0.4 is 5.32 Å². The number of nitrogens with zero attached hydrogens (tertiary/aromatic N) is 4. The molecule has 3 heterocycles. The summed E-state index contributed by atoms with van der Waals surface area (Å²) in [6.07, 6.45) is 7.99. The average Bonchev–Trinajstić information content (AvgIpc) is 2.97. The van der Waals surface area contributed by atoms with Gasteiger partial charge in [-0.05, 0) is 43.5 Å². The maximum absolute atomic E-state index is 12.4. The van der Waals surface area contributed by atoms with E-state index in [1.54, 1.807) is 12.4 Å². The summed E-state index contributed by atoms with van der Waals surface area (Å²) < 4.78 is 2.22. The van der Waals surface area contributed by atoms with Crippen molar-refractivity contribution in [3.63, 3.8) is 0 Å². The molecule has 0 atom stereocenters. The molecule has 0 bridgehead atoms. The number of aryl methyl sites for hydroxylation is 2. The van der Waals surface area contributed by atoms with Crippen LogP contribution in [0, 0.1) is 6.92 Å². The Hall–Kier alpha value is -2.67. The van der Waals surface area contributed by atoms with Crippen LogP contribution in [0.5, 0.6) is 0 Å². The first-order valence-corrected chi connectivity index (χ1v) is 10.5. The van der Waals surface area contributed by atoms with Gasteiger partial charge in [0.05, 0.1) is 5.75 Å². The van der Waals surface area contributed by atoms with Crippen molar-refractivity contribution in [1.29, 1.82) is 0 Å². The third-order valence-electron chi connectivity index (χ3n) is 4.90. The van der Waals surface area contributed by atoms with Crippen molar-refractivity contribution in [2.45, 2.75) is 44.0 Å². The molecule has 6 nitrogen and oxygen atoms in total. The second kappa shape index (κ2) is 8.56. The number of carbonyl (C=O) groups is 1. The van der Waals surface area contributed by atoms with E-state index in [1.807, 2.05) is 31.2 Å². The van der Waals surface area contributed by atoms with Crippen molar-refractivity contribution >= 4 is 23.4 Å². The van der Waals surface area contributed by atoms with Crippen LogP contribution in [-0.2, 0) is 17.8 Å². The van der Waals surface area contributed by atoms with Gasteiger partial charge in [0.1, 0.15) is 5.82 Å². The Morgan fingerprint density at radius 1 is 1.14 bits per heavy atom. The lowest BCUT2D eigenvalue weighted by molar-refractivity contribution is -0.113. The first kappa shape index (κ1) is 18.7. The molecule has 1 aromatic carbocycles. The lowest BCUT2D eigenvalue weighted by Gasteiger charge is -2.12. The SMILES string of the molecule is Cc1ccc(-c2nnc3n2CCCCC3)cc1NC(=O)CSc1ccncc1. The summed E-state index contributed by atoms with van der Waals surface area (Å²) >= 11 is 1.50. The van der Waals surface area contributed by atoms with Crippen LogP contribution >= 0.6 is 11.8 Å². The molecule has 2 aromatic heterocycles. The number of pyridine rings is 1. The zero-order valence-corrected chi connectivity index (χ0v) is 16.7. The topological polar surface area (TPSA) is 72.7 Å². The second-order valence-electron chi connectivity index (χ2n) is 6.95. The second-order valence-corrected chi connectivity index (χ2v) is 8.00. The van der Waals surface area contributed by atoms with E-state index in [4.69, 9.17) is 0 Å². The molecule has 3 aromatic rings. The number of hydrogen-bond acceptors (Lipinski definition) is 5. The fraction of sp³-hybridized carbons (Fsp3) is 0.333. The van der Waals surface area contributed by atoms with Crippen molar-refractivity contribution < 1.29 is 4.79 Å². The Kier molecular flexibility index (Phi) is 5.71. The summed E-state index contributed by atoms with van der Waals surface area (Å²) in [6.45, 7) is 2.95. The van der Waals surface area contributed by atoms with Crippen LogP contribution in [0.3, 0.4) is 0 Å². The van der Waals surface area contributed by atoms with Gasteiger partial charge in [0, 0.05) is 41.5 Å². The zero-order valence-electron chi connectivity index (χ0n) is 15.9. The number of hydrogen-bond donors (Lipinski definition) is 1. The fourth-order valence-electron chi connectivity index (χ4n) is 3.36. The molecule has 28 heavy (non-hydrogen) atoms. The van der Waals surface area contributed by atoms with Crippen molar-refractivity contribution in [2.24, 2.45) is 0 Å². The summed E-state index contributed by atoms with van der Waals surface area (Å²) in [5.41, 5.74) is 2.84. The molecule has 0 spiro atoms. The van der Waals surface area contributed by atoms with Gasteiger partial charge in [-0.15, -0.1) is 22.0 Å². The van der Waals surface area contributed by atoms with Crippen LogP contribution in [0.2, 0.25) is 0 Å². The Labute approximate surface area is 168 Å². The van der Waals surface area contributed by atoms with Crippen LogP contribution in [0.4, 0.5) is 5.69 Å². The minimum Gasteiger partial charge on any atom is -0.325 e. The minimum atomic E-state index is -0.0258. The molecule has 0 aliphatic carbocycles. The van der Waals surface area contributed by atoms with Gasteiger partial charge in [-0.25, -0.2) is 0 Å². The third kappa shape index (κ3) is 4.25. The Balaban J connectivity index is 1.50. The molecule has 0 saturated carbocycles. The van der Waals surface area contributed by atoms with E-state index in [-0.39, 0.29) is 5.91 Å². The number of rotatable bonds is 5. The molecule has 7 heteroatoms. The smallest absolute Gasteiger partial charge is 0.234 e. The van der Waals surface area contributed by atoms with Gasteiger partial charge in [0.2, 0.25) is 5.91 Å². The molecular weight excluding hydrogens is 370 g/mol. The molecular formula is C21H23N5OS. The molecule has 0 radical (unpaired) electrons. The number of nitrogens with one attached hydrogen (secondary N) is 1. The Morgan fingerprint density at radius 2 is 2.00 bits per heavy atom. The first-order chi connectivity index (χ1) is 13.7. The Morgan fingerprint density at radius 3 is 2.86 bits per heavy atom. The van der Waals surface area contributed by atoms with Crippen molar-refractivity contribution in [1.82, 2.24) is 19.7 Å². The van der Waals surface area contributed by atoms with Gasteiger partial charge in [0.15, 0.2) is 5.82 Å². The van der Waals surface area contributed by atoms with Crippen molar-refractivity contribution in [3.05, 3.63) is 54.1 Å². The molecule has 1 N–H and O–H groups in total. The van der Waals surface area contributed by atoms with Gasteiger partial charge in [-0.3, -0.25) is 9.78 Å². The van der Waals surface area contributed by atoms with E-state index >= 15 is 0 Å². The van der Waals surface area contributed by atoms with Crippen LogP contribution in [0.1, 0.15) is 30.7 Å². The fourth-order valence-corrected chi connectivity index (χ4v) is 4.05. The van der Waals surface area contributed by atoms with Gasteiger partial charge in [0.25, 0.3) is 0 Å². The van der Waals surface area contributed by atoms with Gasteiger partial charge >= 0.3 is 0 Å². The molecule has 144 valence electrons. The van der Waals surface area contributed by atoms with E-state index in [2.05, 4.69) is 31.1 Å². The number of amides is 1. The van der Waals surface area contributed by atoms with Gasteiger partial charge in [-0.1, -0.05) is 18.6 Å². The number of benzene rings is 1. The van der Waals surface area contributed by atoms with Crippen LogP contribution in [-0.4, -0.2) is 31.4 Å². The predicted molar refractivity (Wildman–Crippen MR) is 111 cm³/mol. The normalized spacial score (nSPS) is 13.6. The van der Waals surface area contributed by atoms with Gasteiger partial charge < -0.3 is 9.88 Å². The summed E-state index contributed by atoms with van der Waals surface area (Å²) in [6, 6.07) is 9.90. The largest absolute Gasteiger partial charge is 0.325 e. The molecule has 1 aliphatic heterocycles. The highest BCUT2D eigenvalue weighted by Crippen LogP contribution is 2.27. The van der Waals surface area contributed by atoms with E-state index < -0.39 is 0 Å². The van der Waals surface area contributed by atoms with Crippen molar-refractivity contribution in [3.8, 4) is 11.4 Å². The van der Waals surface area contributed by atoms with Gasteiger partial charge in [-0.2, -0.15) is 0 Å². The zero-order chi connectivity index (χ0) is 19.3. The maximum Gasteiger partial charge on any atom is 0.234 e. The standard InChI is InChI=1S/C21H23N5OS/c1-15-6-7-16(21-25-24-19-5-3-2-4-12-26(19)21)13-18(15)23-20(27)14-28-17-8-10-22-11-9-17/h6-11,13H,2-5,12,14H2,1H3,(H,23,27). The maximum atomic E-state index is 12.4. The van der Waals surface area contributed by atoms with E-state index in [0.29, 0.717) is 5.75 Å². The molecule has 0 unspecified atom stereocenters. The number of thioether (sulfide) groups is 1. The number of carbonyl (C=O) groups excluding carboxylic acids is 1. The molecule has 1 amide bonds. The average molecular weight is 394 g/mol. The van der Waals surface area contributed by atoms with E-state index in [0.717, 1.165) is 52.7 Å². The summed E-state index contributed by atoms with van der Waals surface area (Å²) in [5.74, 6) is 2.28. The monoisotopic (exact) mass is 393 g/mol. The number of anilines is 1. The highest BCUT2D eigenvalue weighted by Gasteiger charge is 2.17. The molecule has 1 aliphatic rings. The van der Waals surface area contributed by atoms with Crippen molar-refractivity contribution in [2.75, 3.05) is 11.1 Å². The molecule has 0 fully saturated rings. The Bertz CT molecular complexity index is 970.